The molecule has 0 saturated carbocycles. The number of hydrogen-bond acceptors (Lipinski definition) is 3. The van der Waals surface area contributed by atoms with Crippen LogP contribution in [0, 0.1) is 5.41 Å². The fourth-order valence-corrected chi connectivity index (χ4v) is 2.19. The van der Waals surface area contributed by atoms with Gasteiger partial charge in [-0.25, -0.2) is 0 Å². The summed E-state index contributed by atoms with van der Waals surface area (Å²) in [6.07, 6.45) is 2.69. The molecule has 2 aliphatic rings. The fourth-order valence-electron chi connectivity index (χ4n) is 2.19. The summed E-state index contributed by atoms with van der Waals surface area (Å²) in [5.41, 5.74) is 5.78. The summed E-state index contributed by atoms with van der Waals surface area (Å²) in [6.45, 7) is 4.03. The van der Waals surface area contributed by atoms with Crippen molar-refractivity contribution in [1.82, 2.24) is 4.90 Å². The van der Waals surface area contributed by atoms with Crippen LogP contribution >= 0.6 is 0 Å². The van der Waals surface area contributed by atoms with Crippen LogP contribution in [0.2, 0.25) is 0 Å². The molecule has 2 heterocycles. The minimum Gasteiger partial charge on any atom is -0.380 e. The molecule has 4 heteroatoms. The predicted octanol–water partition coefficient (Wildman–Crippen LogP) is -0.0258. The zero-order valence-corrected chi connectivity index (χ0v) is 8.50. The molecule has 2 saturated heterocycles. The third-order valence-electron chi connectivity index (χ3n) is 3.35. The van der Waals surface area contributed by atoms with Crippen molar-refractivity contribution in [2.24, 2.45) is 11.1 Å². The average molecular weight is 198 g/mol. The smallest absolute Gasteiger partial charge is 0.223 e. The van der Waals surface area contributed by atoms with Crippen molar-refractivity contribution in [2.75, 3.05) is 32.8 Å². The van der Waals surface area contributed by atoms with Gasteiger partial charge in [-0.05, 0) is 12.8 Å². The zero-order valence-electron chi connectivity index (χ0n) is 8.50. The summed E-state index contributed by atoms with van der Waals surface area (Å²) < 4.78 is 5.24. The Morgan fingerprint density at radius 3 is 2.43 bits per heavy atom. The molecule has 0 aromatic rings. The Morgan fingerprint density at radius 2 is 2.00 bits per heavy atom. The lowest BCUT2D eigenvalue weighted by Gasteiger charge is -2.47. The third-order valence-corrected chi connectivity index (χ3v) is 3.35. The van der Waals surface area contributed by atoms with E-state index in [1.807, 2.05) is 4.90 Å². The van der Waals surface area contributed by atoms with Crippen molar-refractivity contribution in [2.45, 2.75) is 19.3 Å². The number of carbonyl (C=O) groups excluding carboxylic acids is 1. The van der Waals surface area contributed by atoms with E-state index in [9.17, 15) is 4.79 Å². The Bertz CT molecular complexity index is 216. The molecule has 1 amide bonds. The highest BCUT2D eigenvalue weighted by Crippen LogP contribution is 2.38. The predicted molar refractivity (Wildman–Crippen MR) is 52.7 cm³/mol. The molecular weight excluding hydrogens is 180 g/mol. The first kappa shape index (κ1) is 9.93. The van der Waals surface area contributed by atoms with Crippen LogP contribution in [-0.4, -0.2) is 43.7 Å². The summed E-state index contributed by atoms with van der Waals surface area (Å²) in [5, 5.41) is 0. The molecule has 0 unspecified atom stereocenters. The Labute approximate surface area is 84.4 Å². The van der Waals surface area contributed by atoms with Gasteiger partial charge in [-0.3, -0.25) is 4.79 Å². The molecule has 0 atom stereocenters. The van der Waals surface area contributed by atoms with E-state index in [0.29, 0.717) is 18.4 Å². The lowest BCUT2D eigenvalue weighted by atomic mass is 9.77. The number of piperidine rings is 1. The van der Waals surface area contributed by atoms with E-state index in [1.54, 1.807) is 0 Å². The molecule has 4 nitrogen and oxygen atoms in total. The highest BCUT2D eigenvalue weighted by molar-refractivity contribution is 5.76. The van der Waals surface area contributed by atoms with Gasteiger partial charge in [-0.1, -0.05) is 0 Å². The van der Waals surface area contributed by atoms with E-state index in [4.69, 9.17) is 10.5 Å². The van der Waals surface area contributed by atoms with Crippen molar-refractivity contribution in [3.8, 4) is 0 Å². The van der Waals surface area contributed by atoms with Crippen LogP contribution in [0.3, 0.4) is 0 Å². The van der Waals surface area contributed by atoms with Crippen molar-refractivity contribution >= 4 is 5.91 Å². The lowest BCUT2D eigenvalue weighted by Crippen LogP contribution is -2.52. The van der Waals surface area contributed by atoms with Crippen molar-refractivity contribution in [1.29, 1.82) is 0 Å². The molecule has 0 radical (unpaired) electrons. The number of amides is 1. The molecule has 2 rings (SSSR count). The zero-order chi connectivity index (χ0) is 10.0. The number of hydrogen-bond donors (Lipinski definition) is 1. The largest absolute Gasteiger partial charge is 0.380 e. The van der Waals surface area contributed by atoms with Crippen molar-refractivity contribution in [3.63, 3.8) is 0 Å². The molecular formula is C10H18N2O2. The Morgan fingerprint density at radius 1 is 1.36 bits per heavy atom. The number of likely N-dealkylation sites (tertiary alicyclic amines) is 1. The molecule has 80 valence electrons. The number of ether oxygens (including phenoxy) is 1. The van der Waals surface area contributed by atoms with Gasteiger partial charge in [0.05, 0.1) is 13.2 Å². The van der Waals surface area contributed by atoms with Crippen LogP contribution in [0.4, 0.5) is 0 Å². The van der Waals surface area contributed by atoms with Gasteiger partial charge in [0, 0.05) is 31.5 Å². The van der Waals surface area contributed by atoms with Gasteiger partial charge in [-0.2, -0.15) is 0 Å². The van der Waals surface area contributed by atoms with E-state index in [-0.39, 0.29) is 5.91 Å². The second-order valence-electron chi connectivity index (χ2n) is 4.41. The fraction of sp³-hybridized carbons (Fsp3) is 0.900. The quantitative estimate of drug-likeness (QED) is 0.678. The number of carbonyl (C=O) groups is 1. The van der Waals surface area contributed by atoms with Crippen LogP contribution < -0.4 is 5.73 Å². The monoisotopic (exact) mass is 198 g/mol. The number of nitrogens with zero attached hydrogens (tertiary/aromatic N) is 1. The van der Waals surface area contributed by atoms with E-state index < -0.39 is 0 Å². The normalized spacial score (nSPS) is 24.8. The van der Waals surface area contributed by atoms with Gasteiger partial charge < -0.3 is 15.4 Å². The summed E-state index contributed by atoms with van der Waals surface area (Å²) >= 11 is 0. The second-order valence-corrected chi connectivity index (χ2v) is 4.41. The Balaban J connectivity index is 1.80. The molecule has 0 aliphatic carbocycles. The summed E-state index contributed by atoms with van der Waals surface area (Å²) in [6, 6.07) is 0. The third kappa shape index (κ3) is 1.77. The SMILES string of the molecule is NCCC(=O)N1CCC2(CC1)COC2. The summed E-state index contributed by atoms with van der Waals surface area (Å²) in [7, 11) is 0. The maximum Gasteiger partial charge on any atom is 0.223 e. The molecule has 2 N–H and O–H groups in total. The van der Waals surface area contributed by atoms with Crippen molar-refractivity contribution < 1.29 is 9.53 Å². The van der Waals surface area contributed by atoms with Gasteiger partial charge in [0.25, 0.3) is 0 Å². The average Bonchev–Trinajstić information content (AvgIpc) is 2.16. The van der Waals surface area contributed by atoms with Gasteiger partial charge in [-0.15, -0.1) is 0 Å². The van der Waals surface area contributed by atoms with E-state index >= 15 is 0 Å². The van der Waals surface area contributed by atoms with Gasteiger partial charge in [0.1, 0.15) is 0 Å². The Hall–Kier alpha value is -0.610. The van der Waals surface area contributed by atoms with E-state index in [2.05, 4.69) is 0 Å². The first-order valence-corrected chi connectivity index (χ1v) is 5.31. The highest BCUT2D eigenvalue weighted by Gasteiger charge is 2.41. The number of rotatable bonds is 2. The first-order chi connectivity index (χ1) is 6.76. The van der Waals surface area contributed by atoms with Gasteiger partial charge in [0.15, 0.2) is 0 Å². The van der Waals surface area contributed by atoms with E-state index in [0.717, 1.165) is 39.1 Å². The van der Waals surface area contributed by atoms with Crippen LogP contribution in [0.5, 0.6) is 0 Å². The maximum absolute atomic E-state index is 11.5. The molecule has 2 fully saturated rings. The molecule has 0 aromatic heterocycles. The van der Waals surface area contributed by atoms with E-state index in [1.165, 1.54) is 0 Å². The van der Waals surface area contributed by atoms with Gasteiger partial charge >= 0.3 is 0 Å². The molecule has 1 spiro atoms. The van der Waals surface area contributed by atoms with Gasteiger partial charge in [0.2, 0.25) is 5.91 Å². The lowest BCUT2D eigenvalue weighted by molar-refractivity contribution is -0.152. The van der Waals surface area contributed by atoms with Crippen LogP contribution in [0.25, 0.3) is 0 Å². The molecule has 14 heavy (non-hydrogen) atoms. The summed E-state index contributed by atoms with van der Waals surface area (Å²) in [5.74, 6) is 0.211. The molecule has 0 bridgehead atoms. The molecule has 0 aromatic carbocycles. The minimum atomic E-state index is 0.211. The molecule has 2 aliphatic heterocycles. The second kappa shape index (κ2) is 3.87. The maximum atomic E-state index is 11.5. The van der Waals surface area contributed by atoms with Crippen LogP contribution in [0.1, 0.15) is 19.3 Å². The standard InChI is InChI=1S/C10H18N2O2/c11-4-1-9(13)12-5-2-10(3-6-12)7-14-8-10/h1-8,11H2. The highest BCUT2D eigenvalue weighted by atomic mass is 16.5. The number of nitrogens with two attached hydrogens (primary N) is 1. The summed E-state index contributed by atoms with van der Waals surface area (Å²) in [4.78, 5) is 13.5. The topological polar surface area (TPSA) is 55.6 Å². The van der Waals surface area contributed by atoms with Crippen LogP contribution in [-0.2, 0) is 9.53 Å². The Kier molecular flexibility index (Phi) is 2.74. The van der Waals surface area contributed by atoms with Crippen LogP contribution in [0.15, 0.2) is 0 Å². The first-order valence-electron chi connectivity index (χ1n) is 5.31. The minimum absolute atomic E-state index is 0.211. The van der Waals surface area contributed by atoms with Crippen molar-refractivity contribution in [3.05, 3.63) is 0 Å².